The van der Waals surface area contributed by atoms with E-state index < -0.39 is 0 Å². The maximum Gasteiger partial charge on any atom is 0.153 e. The second-order valence-corrected chi connectivity index (χ2v) is 3.50. The van der Waals surface area contributed by atoms with Crippen LogP contribution in [0.15, 0.2) is 12.3 Å². The second kappa shape index (κ2) is 3.78. The first-order valence-electron chi connectivity index (χ1n) is 4.94. The molecule has 14 heavy (non-hydrogen) atoms. The average molecular weight is 191 g/mol. The number of pyridine rings is 1. The van der Waals surface area contributed by atoms with Crippen molar-refractivity contribution >= 4 is 6.29 Å². The van der Waals surface area contributed by atoms with Crippen molar-refractivity contribution in [1.29, 1.82) is 0 Å². The number of nitrogens with zero attached hydrogens (tertiary/aromatic N) is 1. The third-order valence-electron chi connectivity index (χ3n) is 2.26. The van der Waals surface area contributed by atoms with Crippen LogP contribution in [-0.2, 0) is 6.42 Å². The van der Waals surface area contributed by atoms with Crippen molar-refractivity contribution in [1.82, 2.24) is 4.98 Å². The van der Waals surface area contributed by atoms with Crippen molar-refractivity contribution in [2.75, 3.05) is 0 Å². The largest absolute Gasteiger partial charge is 0.488 e. The van der Waals surface area contributed by atoms with E-state index in [-0.39, 0.29) is 0 Å². The Morgan fingerprint density at radius 1 is 1.64 bits per heavy atom. The van der Waals surface area contributed by atoms with E-state index in [0.29, 0.717) is 17.4 Å². The zero-order valence-electron chi connectivity index (χ0n) is 8.19. The summed E-state index contributed by atoms with van der Waals surface area (Å²) in [5.74, 6) is 0.625. The molecule has 1 saturated carbocycles. The standard InChI is InChI=1S/C11H13NO2/c1-2-9-5-8(7-13)11(6-12-9)14-10-3-4-10/h5-7,10H,2-4H2,1H3. The lowest BCUT2D eigenvalue weighted by Gasteiger charge is -2.07. The Morgan fingerprint density at radius 2 is 2.43 bits per heavy atom. The Balaban J connectivity index is 2.23. The van der Waals surface area contributed by atoms with Crippen LogP contribution >= 0.6 is 0 Å². The van der Waals surface area contributed by atoms with Crippen molar-refractivity contribution in [3.05, 3.63) is 23.5 Å². The molecule has 1 aliphatic carbocycles. The smallest absolute Gasteiger partial charge is 0.153 e. The molecule has 3 nitrogen and oxygen atoms in total. The van der Waals surface area contributed by atoms with Crippen molar-refractivity contribution in [3.63, 3.8) is 0 Å². The van der Waals surface area contributed by atoms with E-state index in [1.54, 1.807) is 12.3 Å². The summed E-state index contributed by atoms with van der Waals surface area (Å²) in [5.41, 5.74) is 1.54. The number of carbonyl (C=O) groups excluding carboxylic acids is 1. The minimum absolute atomic E-state index is 0.308. The molecular formula is C11H13NO2. The van der Waals surface area contributed by atoms with Gasteiger partial charge in [0.15, 0.2) is 6.29 Å². The van der Waals surface area contributed by atoms with Gasteiger partial charge in [-0.25, -0.2) is 0 Å². The SMILES string of the molecule is CCc1cc(C=O)c(OC2CC2)cn1. The number of ether oxygens (including phenoxy) is 1. The van der Waals surface area contributed by atoms with Crippen molar-refractivity contribution in [2.45, 2.75) is 32.3 Å². The van der Waals surface area contributed by atoms with Gasteiger partial charge < -0.3 is 4.74 Å². The number of hydrogen-bond acceptors (Lipinski definition) is 3. The molecule has 2 rings (SSSR count). The first-order chi connectivity index (χ1) is 6.83. The van der Waals surface area contributed by atoms with E-state index in [9.17, 15) is 4.79 Å². The molecule has 0 spiro atoms. The Hall–Kier alpha value is -1.38. The fraction of sp³-hybridized carbons (Fsp3) is 0.455. The van der Waals surface area contributed by atoms with Gasteiger partial charge >= 0.3 is 0 Å². The molecule has 74 valence electrons. The molecule has 0 unspecified atom stereocenters. The maximum absolute atomic E-state index is 10.8. The van der Waals surface area contributed by atoms with Gasteiger partial charge in [-0.3, -0.25) is 9.78 Å². The molecule has 0 bridgehead atoms. The van der Waals surface area contributed by atoms with Crippen LogP contribution in [0.25, 0.3) is 0 Å². The highest BCUT2D eigenvalue weighted by Crippen LogP contribution is 2.28. The van der Waals surface area contributed by atoms with E-state index in [1.165, 1.54) is 0 Å². The molecule has 0 radical (unpaired) electrons. The van der Waals surface area contributed by atoms with Crippen molar-refractivity contribution < 1.29 is 9.53 Å². The van der Waals surface area contributed by atoms with Crippen LogP contribution in [0.4, 0.5) is 0 Å². The summed E-state index contributed by atoms with van der Waals surface area (Å²) in [5, 5.41) is 0. The summed E-state index contributed by atoms with van der Waals surface area (Å²) in [7, 11) is 0. The Morgan fingerprint density at radius 3 is 3.00 bits per heavy atom. The monoisotopic (exact) mass is 191 g/mol. The predicted molar refractivity (Wildman–Crippen MR) is 52.7 cm³/mol. The fourth-order valence-electron chi connectivity index (χ4n) is 1.25. The molecule has 0 aromatic carbocycles. The van der Waals surface area contributed by atoms with Crippen LogP contribution in [0.2, 0.25) is 0 Å². The highest BCUT2D eigenvalue weighted by atomic mass is 16.5. The molecule has 1 heterocycles. The topological polar surface area (TPSA) is 39.2 Å². The van der Waals surface area contributed by atoms with Crippen molar-refractivity contribution in [3.8, 4) is 5.75 Å². The summed E-state index contributed by atoms with van der Waals surface area (Å²) in [6.07, 6.45) is 5.81. The van der Waals surface area contributed by atoms with Crippen LogP contribution in [0.3, 0.4) is 0 Å². The molecule has 1 aromatic heterocycles. The van der Waals surface area contributed by atoms with E-state index in [1.807, 2.05) is 6.92 Å². The normalized spacial score (nSPS) is 15.2. The molecule has 1 fully saturated rings. The summed E-state index contributed by atoms with van der Waals surface area (Å²) >= 11 is 0. The Kier molecular flexibility index (Phi) is 2.48. The molecule has 0 atom stereocenters. The van der Waals surface area contributed by atoms with Gasteiger partial charge in [0, 0.05) is 5.69 Å². The van der Waals surface area contributed by atoms with Gasteiger partial charge in [-0.05, 0) is 25.3 Å². The molecule has 1 aliphatic rings. The van der Waals surface area contributed by atoms with Gasteiger partial charge in [-0.15, -0.1) is 0 Å². The van der Waals surface area contributed by atoms with Crippen LogP contribution in [0.1, 0.15) is 35.8 Å². The van der Waals surface area contributed by atoms with Crippen LogP contribution < -0.4 is 4.74 Å². The fourth-order valence-corrected chi connectivity index (χ4v) is 1.25. The van der Waals surface area contributed by atoms with Gasteiger partial charge in [0.2, 0.25) is 0 Å². The molecular weight excluding hydrogens is 178 g/mol. The van der Waals surface area contributed by atoms with Crippen LogP contribution in [0.5, 0.6) is 5.75 Å². The molecule has 0 aliphatic heterocycles. The second-order valence-electron chi connectivity index (χ2n) is 3.50. The number of carbonyl (C=O) groups is 1. The first kappa shape index (κ1) is 9.19. The number of aryl methyl sites for hydroxylation is 1. The quantitative estimate of drug-likeness (QED) is 0.683. The summed E-state index contributed by atoms with van der Waals surface area (Å²) < 4.78 is 5.55. The Bertz CT molecular complexity index is 345. The minimum Gasteiger partial charge on any atom is -0.488 e. The maximum atomic E-state index is 10.8. The Labute approximate surface area is 83.1 Å². The summed E-state index contributed by atoms with van der Waals surface area (Å²) in [6, 6.07) is 1.80. The number of rotatable bonds is 4. The van der Waals surface area contributed by atoms with Crippen LogP contribution in [0, 0.1) is 0 Å². The zero-order valence-corrected chi connectivity index (χ0v) is 8.19. The minimum atomic E-state index is 0.308. The molecule has 0 N–H and O–H groups in total. The number of aromatic nitrogens is 1. The van der Waals surface area contributed by atoms with Gasteiger partial charge in [0.05, 0.1) is 17.9 Å². The van der Waals surface area contributed by atoms with Crippen molar-refractivity contribution in [2.24, 2.45) is 0 Å². The zero-order chi connectivity index (χ0) is 9.97. The molecule has 0 amide bonds. The van der Waals surface area contributed by atoms with E-state index in [0.717, 1.165) is 31.2 Å². The van der Waals surface area contributed by atoms with Gasteiger partial charge in [-0.2, -0.15) is 0 Å². The third-order valence-corrected chi connectivity index (χ3v) is 2.26. The summed E-state index contributed by atoms with van der Waals surface area (Å²) in [4.78, 5) is 15.0. The highest BCUT2D eigenvalue weighted by Gasteiger charge is 2.24. The molecule has 0 saturated heterocycles. The predicted octanol–water partition coefficient (Wildman–Crippen LogP) is 2.00. The van der Waals surface area contributed by atoms with E-state index >= 15 is 0 Å². The number of hydrogen-bond donors (Lipinski definition) is 0. The molecule has 1 aromatic rings. The first-order valence-corrected chi connectivity index (χ1v) is 4.94. The van der Waals surface area contributed by atoms with E-state index in [2.05, 4.69) is 4.98 Å². The lowest BCUT2D eigenvalue weighted by molar-refractivity contribution is 0.111. The lowest BCUT2D eigenvalue weighted by Crippen LogP contribution is -2.01. The van der Waals surface area contributed by atoms with E-state index in [4.69, 9.17) is 4.74 Å². The van der Waals surface area contributed by atoms with Gasteiger partial charge in [-0.1, -0.05) is 6.92 Å². The molecule has 3 heteroatoms. The lowest BCUT2D eigenvalue weighted by atomic mass is 10.2. The average Bonchev–Trinajstić information content (AvgIpc) is 3.02. The summed E-state index contributed by atoms with van der Waals surface area (Å²) in [6.45, 7) is 2.01. The third kappa shape index (κ3) is 1.92. The number of aldehydes is 1. The highest BCUT2D eigenvalue weighted by molar-refractivity contribution is 5.79. The van der Waals surface area contributed by atoms with Gasteiger partial charge in [0.25, 0.3) is 0 Å². The van der Waals surface area contributed by atoms with Gasteiger partial charge in [0.1, 0.15) is 5.75 Å². The van der Waals surface area contributed by atoms with Crippen LogP contribution in [-0.4, -0.2) is 17.4 Å².